The van der Waals surface area contributed by atoms with Gasteiger partial charge in [-0.2, -0.15) is 0 Å². The molecule has 9 heteroatoms. The number of primary amides is 1. The zero-order valence-electron chi connectivity index (χ0n) is 19.1. The molecular formula is C23H36N4O5. The van der Waals surface area contributed by atoms with Crippen LogP contribution in [0.3, 0.4) is 0 Å². The Morgan fingerprint density at radius 1 is 1.25 bits per heavy atom. The average Bonchev–Trinajstić information content (AvgIpc) is 3.14. The SMILES string of the molecule is CC(C)(C)OC(=O)[C@@H]1CCCN1C[C@@H](O)[C@H](Cc1ccccc1)NC(=O)[C@@H](N)CC(N)=O. The molecule has 4 atom stereocenters. The van der Waals surface area contributed by atoms with E-state index < -0.39 is 41.6 Å². The third-order valence-electron chi connectivity index (χ3n) is 5.31. The van der Waals surface area contributed by atoms with Crippen molar-refractivity contribution < 1.29 is 24.2 Å². The second-order valence-corrected chi connectivity index (χ2v) is 9.34. The van der Waals surface area contributed by atoms with E-state index in [2.05, 4.69) is 5.32 Å². The summed E-state index contributed by atoms with van der Waals surface area (Å²) in [5.74, 6) is -1.55. The molecule has 1 heterocycles. The lowest BCUT2D eigenvalue weighted by Crippen LogP contribution is -2.55. The molecule has 2 rings (SSSR count). The lowest BCUT2D eigenvalue weighted by Gasteiger charge is -2.32. The number of carbonyl (C=O) groups is 3. The molecule has 32 heavy (non-hydrogen) atoms. The predicted molar refractivity (Wildman–Crippen MR) is 120 cm³/mol. The molecule has 2 amide bonds. The van der Waals surface area contributed by atoms with Crippen molar-refractivity contribution in [3.05, 3.63) is 35.9 Å². The number of β-amino-alcohol motifs (C(OH)–C–C–N with tert-alkyl or cyclic N) is 1. The van der Waals surface area contributed by atoms with E-state index in [4.69, 9.17) is 16.2 Å². The lowest BCUT2D eigenvalue weighted by molar-refractivity contribution is -0.160. The number of benzene rings is 1. The summed E-state index contributed by atoms with van der Waals surface area (Å²) >= 11 is 0. The monoisotopic (exact) mass is 448 g/mol. The molecule has 9 nitrogen and oxygen atoms in total. The van der Waals surface area contributed by atoms with Crippen LogP contribution in [0.2, 0.25) is 0 Å². The Kier molecular flexibility index (Phi) is 9.18. The van der Waals surface area contributed by atoms with E-state index >= 15 is 0 Å². The molecule has 1 saturated heterocycles. The van der Waals surface area contributed by atoms with Gasteiger partial charge in [0.05, 0.1) is 24.6 Å². The average molecular weight is 449 g/mol. The maximum Gasteiger partial charge on any atom is 0.323 e. The van der Waals surface area contributed by atoms with Gasteiger partial charge < -0.3 is 26.6 Å². The highest BCUT2D eigenvalue weighted by Crippen LogP contribution is 2.22. The molecule has 0 radical (unpaired) electrons. The number of nitrogens with two attached hydrogens (primary N) is 2. The van der Waals surface area contributed by atoms with Gasteiger partial charge in [-0.05, 0) is 52.1 Å². The van der Waals surface area contributed by atoms with Crippen molar-refractivity contribution in [2.45, 2.75) is 76.3 Å². The summed E-state index contributed by atoms with van der Waals surface area (Å²) in [7, 11) is 0. The van der Waals surface area contributed by atoms with Crippen LogP contribution in [0.15, 0.2) is 30.3 Å². The van der Waals surface area contributed by atoms with Gasteiger partial charge in [0.1, 0.15) is 11.6 Å². The summed E-state index contributed by atoms with van der Waals surface area (Å²) < 4.78 is 5.53. The fourth-order valence-electron chi connectivity index (χ4n) is 3.80. The van der Waals surface area contributed by atoms with Crippen LogP contribution in [0, 0.1) is 0 Å². The molecule has 6 N–H and O–H groups in total. The molecule has 0 aliphatic carbocycles. The Morgan fingerprint density at radius 2 is 1.91 bits per heavy atom. The molecule has 1 aliphatic rings. The van der Waals surface area contributed by atoms with Gasteiger partial charge in [-0.25, -0.2) is 0 Å². The molecule has 0 spiro atoms. The molecule has 1 aromatic carbocycles. The number of nitrogens with zero attached hydrogens (tertiary/aromatic N) is 1. The highest BCUT2D eigenvalue weighted by Gasteiger charge is 2.36. The Morgan fingerprint density at radius 3 is 2.50 bits per heavy atom. The van der Waals surface area contributed by atoms with Gasteiger partial charge in [-0.1, -0.05) is 30.3 Å². The Labute approximate surface area is 189 Å². The number of amides is 2. The van der Waals surface area contributed by atoms with Gasteiger partial charge in [-0.15, -0.1) is 0 Å². The van der Waals surface area contributed by atoms with Crippen molar-refractivity contribution in [1.82, 2.24) is 10.2 Å². The Hall–Kier alpha value is -2.49. The zero-order chi connectivity index (χ0) is 23.9. The maximum absolute atomic E-state index is 12.6. The third kappa shape index (κ3) is 8.22. The number of esters is 1. The first-order valence-electron chi connectivity index (χ1n) is 11.0. The molecule has 0 bridgehead atoms. The van der Waals surface area contributed by atoms with Gasteiger partial charge in [0.25, 0.3) is 0 Å². The fourth-order valence-corrected chi connectivity index (χ4v) is 3.80. The van der Waals surface area contributed by atoms with Gasteiger partial charge >= 0.3 is 5.97 Å². The number of aliphatic hydroxyl groups excluding tert-OH is 1. The molecule has 0 aromatic heterocycles. The van der Waals surface area contributed by atoms with Crippen molar-refractivity contribution >= 4 is 17.8 Å². The normalized spacial score (nSPS) is 19.7. The molecule has 0 saturated carbocycles. The van der Waals surface area contributed by atoms with Crippen LogP contribution in [0.1, 0.15) is 45.6 Å². The number of hydrogen-bond donors (Lipinski definition) is 4. The Bertz CT molecular complexity index is 780. The van der Waals surface area contributed by atoms with Crippen LogP contribution >= 0.6 is 0 Å². The van der Waals surface area contributed by atoms with Crippen molar-refractivity contribution in [2.75, 3.05) is 13.1 Å². The number of aliphatic hydroxyl groups is 1. The predicted octanol–water partition coefficient (Wildman–Crippen LogP) is 0.0836. The number of ether oxygens (including phenoxy) is 1. The minimum Gasteiger partial charge on any atom is -0.459 e. The van der Waals surface area contributed by atoms with E-state index in [-0.39, 0.29) is 18.9 Å². The van der Waals surface area contributed by atoms with Crippen molar-refractivity contribution in [3.8, 4) is 0 Å². The van der Waals surface area contributed by atoms with Gasteiger partial charge in [0.15, 0.2) is 0 Å². The summed E-state index contributed by atoms with van der Waals surface area (Å²) in [5.41, 5.74) is 11.2. The first-order valence-corrected chi connectivity index (χ1v) is 11.0. The molecular weight excluding hydrogens is 412 g/mol. The lowest BCUT2D eigenvalue weighted by atomic mass is 9.99. The minimum atomic E-state index is -1.10. The number of carbonyl (C=O) groups excluding carboxylic acids is 3. The summed E-state index contributed by atoms with van der Waals surface area (Å²) in [6.45, 7) is 6.29. The summed E-state index contributed by atoms with van der Waals surface area (Å²) in [6.07, 6.45) is 0.578. The molecule has 1 aliphatic heterocycles. The highest BCUT2D eigenvalue weighted by molar-refractivity contribution is 5.87. The number of nitrogens with one attached hydrogen (secondary N) is 1. The molecule has 1 aromatic rings. The van der Waals surface area contributed by atoms with E-state index in [1.807, 2.05) is 56.0 Å². The smallest absolute Gasteiger partial charge is 0.323 e. The largest absolute Gasteiger partial charge is 0.459 e. The molecule has 1 fully saturated rings. The summed E-state index contributed by atoms with van der Waals surface area (Å²) in [6, 6.07) is 7.23. The van der Waals surface area contributed by atoms with Gasteiger partial charge in [0, 0.05) is 6.54 Å². The van der Waals surface area contributed by atoms with E-state index in [1.165, 1.54) is 0 Å². The van der Waals surface area contributed by atoms with Crippen LogP contribution in [0.5, 0.6) is 0 Å². The quantitative estimate of drug-likeness (QED) is 0.371. The van der Waals surface area contributed by atoms with Crippen LogP contribution in [-0.4, -0.2) is 70.7 Å². The van der Waals surface area contributed by atoms with Gasteiger partial charge in [-0.3, -0.25) is 19.3 Å². The van der Waals surface area contributed by atoms with Crippen molar-refractivity contribution in [2.24, 2.45) is 11.5 Å². The van der Waals surface area contributed by atoms with Crippen LogP contribution in [0.4, 0.5) is 0 Å². The summed E-state index contributed by atoms with van der Waals surface area (Å²) in [5, 5.41) is 13.8. The first kappa shape index (κ1) is 25.8. The van der Waals surface area contributed by atoms with E-state index in [0.717, 1.165) is 12.0 Å². The number of hydrogen-bond acceptors (Lipinski definition) is 7. The zero-order valence-corrected chi connectivity index (χ0v) is 19.1. The summed E-state index contributed by atoms with van der Waals surface area (Å²) in [4.78, 5) is 38.1. The second kappa shape index (κ2) is 11.4. The first-order chi connectivity index (χ1) is 15.0. The number of likely N-dealkylation sites (tertiary alicyclic amines) is 1. The number of rotatable bonds is 10. The second-order valence-electron chi connectivity index (χ2n) is 9.34. The van der Waals surface area contributed by atoms with Crippen molar-refractivity contribution in [3.63, 3.8) is 0 Å². The topological polar surface area (TPSA) is 148 Å². The maximum atomic E-state index is 12.6. The van der Waals surface area contributed by atoms with Gasteiger partial charge in [0.2, 0.25) is 11.8 Å². The Balaban J connectivity index is 2.10. The van der Waals surface area contributed by atoms with Crippen LogP contribution in [0.25, 0.3) is 0 Å². The molecule has 0 unspecified atom stereocenters. The highest BCUT2D eigenvalue weighted by atomic mass is 16.6. The van der Waals surface area contributed by atoms with E-state index in [0.29, 0.717) is 19.4 Å². The minimum absolute atomic E-state index is 0.187. The molecule has 178 valence electrons. The fraction of sp³-hybridized carbons (Fsp3) is 0.609. The van der Waals surface area contributed by atoms with E-state index in [1.54, 1.807) is 0 Å². The third-order valence-corrected chi connectivity index (χ3v) is 5.31. The van der Waals surface area contributed by atoms with Crippen LogP contribution < -0.4 is 16.8 Å². The van der Waals surface area contributed by atoms with Crippen molar-refractivity contribution in [1.29, 1.82) is 0 Å². The van der Waals surface area contributed by atoms with Crippen LogP contribution in [-0.2, 0) is 25.5 Å². The standard InChI is InChI=1S/C23H36N4O5/c1-23(2,3)32-22(31)18-10-7-11-27(18)14-19(28)17(12-15-8-5-4-6-9-15)26-21(30)16(24)13-20(25)29/h4-6,8-9,16-19,28H,7,10-14,24H2,1-3H3,(H2,25,29)(H,26,30)/t16-,17-,18-,19+/m0/s1. The van der Waals surface area contributed by atoms with E-state index in [9.17, 15) is 19.5 Å².